The zero-order chi connectivity index (χ0) is 25.7. The first-order chi connectivity index (χ1) is 17.2. The maximum Gasteiger partial charge on any atom is 0.166 e. The van der Waals surface area contributed by atoms with Crippen molar-refractivity contribution in [1.29, 1.82) is 0 Å². The molecule has 0 aliphatic carbocycles. The van der Waals surface area contributed by atoms with E-state index < -0.39 is 5.60 Å². The Hall–Kier alpha value is -3.63. The van der Waals surface area contributed by atoms with Crippen LogP contribution < -0.4 is 4.74 Å². The van der Waals surface area contributed by atoms with E-state index in [2.05, 4.69) is 29.7 Å². The van der Waals surface area contributed by atoms with Gasteiger partial charge in [0.1, 0.15) is 30.6 Å². The number of aliphatic imine (C=N–C) groups is 1. The number of nitrogens with zero attached hydrogens (tertiary/aromatic N) is 7. The van der Waals surface area contributed by atoms with E-state index in [1.807, 2.05) is 55.5 Å². The molecular weight excluding hydrogens is 458 g/mol. The first-order valence-electron chi connectivity index (χ1n) is 11.9. The highest BCUT2D eigenvalue weighted by Gasteiger charge is 2.28. The fourth-order valence-electron chi connectivity index (χ4n) is 3.72. The van der Waals surface area contributed by atoms with Crippen molar-refractivity contribution in [3.8, 4) is 5.75 Å². The molecule has 36 heavy (non-hydrogen) atoms. The molecule has 1 saturated heterocycles. The number of ether oxygens (including phenoxy) is 2. The number of rotatable bonds is 6. The Kier molecular flexibility index (Phi) is 7.76. The van der Waals surface area contributed by atoms with Crippen LogP contribution in [0.3, 0.4) is 0 Å². The van der Waals surface area contributed by atoms with Crippen LogP contribution >= 0.6 is 0 Å². The molecule has 5 rings (SSSR count). The summed E-state index contributed by atoms with van der Waals surface area (Å²) < 4.78 is 14.3. The zero-order valence-electron chi connectivity index (χ0n) is 21.4. The van der Waals surface area contributed by atoms with Crippen LogP contribution in [-0.4, -0.2) is 73.5 Å². The van der Waals surface area contributed by atoms with Crippen LogP contribution in [0.25, 0.3) is 21.9 Å². The molecule has 3 aromatic heterocycles. The van der Waals surface area contributed by atoms with E-state index in [0.29, 0.717) is 12.4 Å². The third-order valence-corrected chi connectivity index (χ3v) is 5.22. The minimum Gasteiger partial charge on any atom is -0.491 e. The molecule has 4 heterocycles. The fourth-order valence-corrected chi connectivity index (χ4v) is 3.72. The van der Waals surface area contributed by atoms with Crippen LogP contribution in [0.15, 0.2) is 54.0 Å². The van der Waals surface area contributed by atoms with E-state index in [0.717, 1.165) is 40.5 Å². The molecule has 1 N–H and O–H groups in total. The summed E-state index contributed by atoms with van der Waals surface area (Å²) in [6.45, 7) is 5.71. The molecule has 1 aromatic carbocycles. The van der Waals surface area contributed by atoms with Gasteiger partial charge in [0, 0.05) is 31.7 Å². The number of benzene rings is 1. The molecule has 2 atom stereocenters. The van der Waals surface area contributed by atoms with Crippen LogP contribution in [0, 0.1) is 0 Å². The van der Waals surface area contributed by atoms with Crippen molar-refractivity contribution in [2.45, 2.75) is 51.5 Å². The smallest absolute Gasteiger partial charge is 0.166 e. The summed E-state index contributed by atoms with van der Waals surface area (Å²) in [7, 11) is 3.85. The largest absolute Gasteiger partial charge is 0.491 e. The van der Waals surface area contributed by atoms with Crippen molar-refractivity contribution in [2.24, 2.45) is 4.99 Å². The van der Waals surface area contributed by atoms with Gasteiger partial charge in [-0.15, -0.1) is 0 Å². The first kappa shape index (κ1) is 25.5. The maximum atomic E-state index is 8.52. The van der Waals surface area contributed by atoms with Crippen LogP contribution in [-0.2, 0) is 4.74 Å². The third kappa shape index (κ3) is 6.73. The Balaban J connectivity index is 0.000000556. The van der Waals surface area contributed by atoms with Gasteiger partial charge >= 0.3 is 0 Å². The van der Waals surface area contributed by atoms with E-state index in [9.17, 15) is 0 Å². The predicted octanol–water partition coefficient (Wildman–Crippen LogP) is 4.13. The average Bonchev–Trinajstić information content (AvgIpc) is 3.47. The van der Waals surface area contributed by atoms with Gasteiger partial charge in [-0.25, -0.2) is 15.0 Å². The second kappa shape index (κ2) is 11.0. The van der Waals surface area contributed by atoms with Gasteiger partial charge in [-0.05, 0) is 57.9 Å². The van der Waals surface area contributed by atoms with Crippen molar-refractivity contribution in [1.82, 2.24) is 29.6 Å². The Bertz CT molecular complexity index is 1320. The summed E-state index contributed by atoms with van der Waals surface area (Å²) in [6, 6.07) is 9.75. The van der Waals surface area contributed by atoms with E-state index in [4.69, 9.17) is 14.6 Å². The van der Waals surface area contributed by atoms with Gasteiger partial charge in [-0.2, -0.15) is 10.2 Å². The Morgan fingerprint density at radius 1 is 1.19 bits per heavy atom. The number of hydrogen-bond acceptors (Lipinski definition) is 8. The normalized spacial score (nSPS) is 17.9. The van der Waals surface area contributed by atoms with Crippen molar-refractivity contribution in [3.63, 3.8) is 0 Å². The van der Waals surface area contributed by atoms with Crippen LogP contribution in [0.1, 0.15) is 39.8 Å². The fraction of sp³-hybridized carbons (Fsp3) is 0.423. The van der Waals surface area contributed by atoms with Gasteiger partial charge in [0.05, 0.1) is 35.1 Å². The summed E-state index contributed by atoms with van der Waals surface area (Å²) >= 11 is 0. The Morgan fingerprint density at radius 3 is 2.78 bits per heavy atom. The van der Waals surface area contributed by atoms with Crippen molar-refractivity contribution < 1.29 is 14.6 Å². The van der Waals surface area contributed by atoms with Crippen molar-refractivity contribution >= 4 is 34.1 Å². The molecule has 190 valence electrons. The lowest BCUT2D eigenvalue weighted by molar-refractivity contribution is -0.0156. The van der Waals surface area contributed by atoms with Crippen molar-refractivity contribution in [2.75, 3.05) is 20.7 Å². The second-order valence-corrected chi connectivity index (χ2v) is 9.89. The van der Waals surface area contributed by atoms with E-state index in [1.54, 1.807) is 39.6 Å². The van der Waals surface area contributed by atoms with Gasteiger partial charge in [0.25, 0.3) is 0 Å². The molecule has 0 saturated carbocycles. The minimum atomic E-state index is -0.500. The molecule has 10 heteroatoms. The van der Waals surface area contributed by atoms with Crippen LogP contribution in [0.2, 0.25) is 0 Å². The quantitative estimate of drug-likeness (QED) is 0.317. The minimum absolute atomic E-state index is 0.00748. The molecule has 0 amide bonds. The van der Waals surface area contributed by atoms with Gasteiger partial charge in [-0.3, -0.25) is 0 Å². The van der Waals surface area contributed by atoms with Gasteiger partial charge in [0.2, 0.25) is 0 Å². The number of aliphatic hydroxyl groups is 1. The summed E-state index contributed by atoms with van der Waals surface area (Å²) in [4.78, 5) is 15.1. The summed E-state index contributed by atoms with van der Waals surface area (Å²) in [6.07, 6.45) is 8.67. The molecule has 0 spiro atoms. The highest BCUT2D eigenvalue weighted by molar-refractivity contribution is 5.87. The van der Waals surface area contributed by atoms with Gasteiger partial charge in [0.15, 0.2) is 5.82 Å². The summed E-state index contributed by atoms with van der Waals surface area (Å²) in [5.74, 6) is 1.41. The molecule has 1 aliphatic heterocycles. The zero-order valence-corrected chi connectivity index (χ0v) is 21.4. The van der Waals surface area contributed by atoms with Gasteiger partial charge < -0.3 is 24.0 Å². The summed E-state index contributed by atoms with van der Waals surface area (Å²) in [5.41, 5.74) is 1.14. The van der Waals surface area contributed by atoms with Crippen LogP contribution in [0.4, 0.5) is 5.82 Å². The Labute approximate surface area is 210 Å². The van der Waals surface area contributed by atoms with E-state index in [-0.39, 0.29) is 12.3 Å². The molecule has 1 fully saturated rings. The van der Waals surface area contributed by atoms with Gasteiger partial charge in [-0.1, -0.05) is 0 Å². The maximum absolute atomic E-state index is 8.52. The highest BCUT2D eigenvalue weighted by atomic mass is 16.6. The molecular formula is C26H33N7O3. The lowest BCUT2D eigenvalue weighted by Gasteiger charge is -2.16. The van der Waals surface area contributed by atoms with Crippen LogP contribution in [0.5, 0.6) is 5.75 Å². The topological polar surface area (TPSA) is 111 Å². The Morgan fingerprint density at radius 2 is 2.00 bits per heavy atom. The number of fused-ring (bicyclic) bond motifs is 2. The van der Waals surface area contributed by atoms with E-state index >= 15 is 0 Å². The van der Waals surface area contributed by atoms with Crippen molar-refractivity contribution in [3.05, 3.63) is 49.1 Å². The first-order valence-corrected chi connectivity index (χ1v) is 11.9. The predicted molar refractivity (Wildman–Crippen MR) is 140 cm³/mol. The monoisotopic (exact) mass is 491 g/mol. The SMILES string of the molecule is CC(C)(C)O.CN(C)/C=N/c1ncnc2c1ccn2[C@H]1CC[C@@H](COc2ccc3ccnnc3c2)O1. The highest BCUT2D eigenvalue weighted by Crippen LogP contribution is 2.33. The molecule has 10 nitrogen and oxygen atoms in total. The summed E-state index contributed by atoms with van der Waals surface area (Å²) in [5, 5.41) is 18.5. The standard InChI is InChI=1S/C22H23N7O2.C4H10O/c1-28(2)14-25-21-18-8-10-29(22(18)24-13-23-21)20-6-5-17(31-20)12-30-16-4-3-15-7-9-26-27-19(15)11-16;1-4(2,3)5/h3-4,7-11,13-14,17,20H,5-6,12H2,1-2H3;5H,1-3H3/b25-14+;/t17-,20+;/m0./s1. The average molecular weight is 492 g/mol. The second-order valence-electron chi connectivity index (χ2n) is 9.89. The number of hydrogen-bond donors (Lipinski definition) is 1. The molecule has 4 aromatic rings. The third-order valence-electron chi connectivity index (χ3n) is 5.22. The lowest BCUT2D eigenvalue weighted by atomic mass is 10.2. The lowest BCUT2D eigenvalue weighted by Crippen LogP contribution is -2.18. The number of aromatic nitrogens is 5. The molecule has 1 aliphatic rings. The molecule has 0 unspecified atom stereocenters. The molecule has 0 radical (unpaired) electrons. The van der Waals surface area contributed by atoms with E-state index in [1.165, 1.54) is 0 Å². The molecule has 0 bridgehead atoms.